The van der Waals surface area contributed by atoms with Crippen LogP contribution in [0.5, 0.6) is 5.75 Å². The number of benzene rings is 1. The van der Waals surface area contributed by atoms with E-state index in [2.05, 4.69) is 19.1 Å². The van der Waals surface area contributed by atoms with Crippen molar-refractivity contribution < 1.29 is 5.11 Å². The zero-order chi connectivity index (χ0) is 9.97. The van der Waals surface area contributed by atoms with Crippen molar-refractivity contribution in [3.8, 4) is 5.75 Å². The van der Waals surface area contributed by atoms with E-state index in [0.29, 0.717) is 5.75 Å². The molecule has 0 radical (unpaired) electrons. The lowest BCUT2D eigenvalue weighted by Gasteiger charge is -2.07. The van der Waals surface area contributed by atoms with Crippen molar-refractivity contribution in [2.45, 2.75) is 32.6 Å². The molecule has 74 valence electrons. The Balaban J connectivity index is 2.40. The van der Waals surface area contributed by atoms with Crippen molar-refractivity contribution in [2.75, 3.05) is 0 Å². The lowest BCUT2D eigenvalue weighted by atomic mass is 10.0. The largest absolute Gasteiger partial charge is 0.507 e. The second-order valence-electron chi connectivity index (χ2n) is 3.83. The van der Waals surface area contributed by atoms with Crippen molar-refractivity contribution in [3.63, 3.8) is 0 Å². The van der Waals surface area contributed by atoms with E-state index in [1.165, 1.54) is 17.6 Å². The summed E-state index contributed by atoms with van der Waals surface area (Å²) in [6.45, 7) is 2.14. The molecule has 2 rings (SSSR count). The van der Waals surface area contributed by atoms with E-state index in [1.54, 1.807) is 0 Å². The number of aryl methyl sites for hydroxylation is 1. The van der Waals surface area contributed by atoms with E-state index in [-0.39, 0.29) is 0 Å². The standard InChI is InChI=1S/C13H16O/c1-2-10-7-8-13(14)12(9-10)11-5-3-4-6-11/h5,7-9,14H,2-4,6H2,1H3. The molecule has 1 nitrogen and oxygen atoms in total. The molecule has 0 heterocycles. The monoisotopic (exact) mass is 188 g/mol. The topological polar surface area (TPSA) is 20.2 Å². The van der Waals surface area contributed by atoms with Crippen molar-refractivity contribution in [1.82, 2.24) is 0 Å². The lowest BCUT2D eigenvalue weighted by molar-refractivity contribution is 0.473. The summed E-state index contributed by atoms with van der Waals surface area (Å²) in [6, 6.07) is 5.92. The van der Waals surface area contributed by atoms with Gasteiger partial charge in [0.15, 0.2) is 0 Å². The second kappa shape index (κ2) is 3.87. The molecule has 0 unspecified atom stereocenters. The fraction of sp³-hybridized carbons (Fsp3) is 0.385. The first-order valence-electron chi connectivity index (χ1n) is 5.32. The molecule has 0 saturated carbocycles. The average molecular weight is 188 g/mol. The highest BCUT2D eigenvalue weighted by atomic mass is 16.3. The van der Waals surface area contributed by atoms with Gasteiger partial charge in [0.1, 0.15) is 5.75 Å². The van der Waals surface area contributed by atoms with Gasteiger partial charge < -0.3 is 5.11 Å². The van der Waals surface area contributed by atoms with Crippen molar-refractivity contribution in [3.05, 3.63) is 35.4 Å². The molecule has 1 aliphatic rings. The van der Waals surface area contributed by atoms with E-state index in [0.717, 1.165) is 24.8 Å². The molecule has 1 aliphatic carbocycles. The molecule has 0 atom stereocenters. The van der Waals surface area contributed by atoms with Crippen LogP contribution in [0.1, 0.15) is 37.3 Å². The predicted molar refractivity (Wildman–Crippen MR) is 59.3 cm³/mol. The third kappa shape index (κ3) is 1.67. The Labute approximate surface area is 85.1 Å². The number of hydrogen-bond donors (Lipinski definition) is 1. The maximum Gasteiger partial charge on any atom is 0.123 e. The van der Waals surface area contributed by atoms with Gasteiger partial charge >= 0.3 is 0 Å². The first-order valence-corrected chi connectivity index (χ1v) is 5.32. The van der Waals surface area contributed by atoms with Gasteiger partial charge in [0, 0.05) is 5.56 Å². The molecule has 0 aliphatic heterocycles. The lowest BCUT2D eigenvalue weighted by Crippen LogP contribution is -1.86. The van der Waals surface area contributed by atoms with Crippen LogP contribution in [0.15, 0.2) is 24.3 Å². The highest BCUT2D eigenvalue weighted by molar-refractivity contribution is 5.72. The van der Waals surface area contributed by atoms with Gasteiger partial charge in [-0.15, -0.1) is 0 Å². The molecule has 0 spiro atoms. The quantitative estimate of drug-likeness (QED) is 0.752. The number of phenols is 1. The van der Waals surface area contributed by atoms with Gasteiger partial charge in [-0.25, -0.2) is 0 Å². The molecule has 0 amide bonds. The summed E-state index contributed by atoms with van der Waals surface area (Å²) in [7, 11) is 0. The van der Waals surface area contributed by atoms with Gasteiger partial charge in [-0.05, 0) is 49.0 Å². The Morgan fingerprint density at radius 3 is 2.86 bits per heavy atom. The van der Waals surface area contributed by atoms with Crippen molar-refractivity contribution in [2.24, 2.45) is 0 Å². The van der Waals surface area contributed by atoms with Crippen LogP contribution >= 0.6 is 0 Å². The molecular weight excluding hydrogens is 172 g/mol. The van der Waals surface area contributed by atoms with E-state index >= 15 is 0 Å². The average Bonchev–Trinajstić information content (AvgIpc) is 2.71. The van der Waals surface area contributed by atoms with Crippen LogP contribution in [0, 0.1) is 0 Å². The zero-order valence-corrected chi connectivity index (χ0v) is 8.59. The third-order valence-corrected chi connectivity index (χ3v) is 2.86. The minimum atomic E-state index is 0.426. The summed E-state index contributed by atoms with van der Waals surface area (Å²) in [5.74, 6) is 0.426. The summed E-state index contributed by atoms with van der Waals surface area (Å²) in [5.41, 5.74) is 3.66. The first kappa shape index (κ1) is 9.32. The molecule has 0 fully saturated rings. The highest BCUT2D eigenvalue weighted by Gasteiger charge is 2.11. The maximum absolute atomic E-state index is 9.75. The van der Waals surface area contributed by atoms with E-state index in [4.69, 9.17) is 0 Å². The number of rotatable bonds is 2. The van der Waals surface area contributed by atoms with Crippen LogP contribution < -0.4 is 0 Å². The summed E-state index contributed by atoms with van der Waals surface area (Å²) in [4.78, 5) is 0. The number of hydrogen-bond acceptors (Lipinski definition) is 1. The SMILES string of the molecule is CCc1ccc(O)c(C2=CCCC2)c1. The zero-order valence-electron chi connectivity index (χ0n) is 8.59. The van der Waals surface area contributed by atoms with Crippen LogP contribution in [0.3, 0.4) is 0 Å². The Hall–Kier alpha value is -1.24. The smallest absolute Gasteiger partial charge is 0.123 e. The Bertz CT molecular complexity index is 363. The molecule has 1 heteroatoms. The minimum Gasteiger partial charge on any atom is -0.507 e. The number of aromatic hydroxyl groups is 1. The van der Waals surface area contributed by atoms with Crippen LogP contribution in [0.4, 0.5) is 0 Å². The third-order valence-electron chi connectivity index (χ3n) is 2.86. The van der Waals surface area contributed by atoms with Gasteiger partial charge in [-0.3, -0.25) is 0 Å². The van der Waals surface area contributed by atoms with Gasteiger partial charge in [-0.1, -0.05) is 19.1 Å². The molecule has 0 bridgehead atoms. The highest BCUT2D eigenvalue weighted by Crippen LogP contribution is 2.33. The fourth-order valence-corrected chi connectivity index (χ4v) is 1.98. The fourth-order valence-electron chi connectivity index (χ4n) is 1.98. The van der Waals surface area contributed by atoms with Gasteiger partial charge in [-0.2, -0.15) is 0 Å². The van der Waals surface area contributed by atoms with Gasteiger partial charge in [0.2, 0.25) is 0 Å². The number of phenolic OH excluding ortho intramolecular Hbond substituents is 1. The van der Waals surface area contributed by atoms with Crippen LogP contribution in [-0.2, 0) is 6.42 Å². The van der Waals surface area contributed by atoms with Crippen LogP contribution in [0.25, 0.3) is 5.57 Å². The molecule has 14 heavy (non-hydrogen) atoms. The van der Waals surface area contributed by atoms with Crippen LogP contribution in [-0.4, -0.2) is 5.11 Å². The van der Waals surface area contributed by atoms with E-state index < -0.39 is 0 Å². The predicted octanol–water partition coefficient (Wildman–Crippen LogP) is 3.52. The molecule has 0 saturated heterocycles. The van der Waals surface area contributed by atoms with Crippen molar-refractivity contribution >= 4 is 5.57 Å². The normalized spacial score (nSPS) is 15.6. The Morgan fingerprint density at radius 1 is 1.36 bits per heavy atom. The van der Waals surface area contributed by atoms with Gasteiger partial charge in [0.05, 0.1) is 0 Å². The molecular formula is C13H16O. The summed E-state index contributed by atoms with van der Waals surface area (Å²) < 4.78 is 0. The Kier molecular flexibility index (Phi) is 2.58. The molecule has 0 aromatic heterocycles. The van der Waals surface area contributed by atoms with E-state index in [9.17, 15) is 5.11 Å². The van der Waals surface area contributed by atoms with E-state index in [1.807, 2.05) is 12.1 Å². The van der Waals surface area contributed by atoms with Crippen molar-refractivity contribution in [1.29, 1.82) is 0 Å². The van der Waals surface area contributed by atoms with Gasteiger partial charge in [0.25, 0.3) is 0 Å². The molecule has 1 aromatic rings. The first-order chi connectivity index (χ1) is 6.81. The summed E-state index contributed by atoms with van der Waals surface area (Å²) in [6.07, 6.45) is 6.77. The second-order valence-corrected chi connectivity index (χ2v) is 3.83. The Morgan fingerprint density at radius 2 is 2.21 bits per heavy atom. The molecule has 1 aromatic carbocycles. The minimum absolute atomic E-state index is 0.426. The number of allylic oxidation sites excluding steroid dienone is 2. The summed E-state index contributed by atoms with van der Waals surface area (Å²) >= 11 is 0. The summed E-state index contributed by atoms with van der Waals surface area (Å²) in [5, 5.41) is 9.75. The molecule has 1 N–H and O–H groups in total. The van der Waals surface area contributed by atoms with Crippen LogP contribution in [0.2, 0.25) is 0 Å². The maximum atomic E-state index is 9.75.